The van der Waals surface area contributed by atoms with E-state index in [1.165, 1.54) is 0 Å². The Morgan fingerprint density at radius 1 is 1.54 bits per heavy atom. The lowest BCUT2D eigenvalue weighted by Gasteiger charge is -2.13. The predicted octanol–water partition coefficient (Wildman–Crippen LogP) is 0.0957. The van der Waals surface area contributed by atoms with E-state index in [-0.39, 0.29) is 18.7 Å². The molecule has 0 spiro atoms. The van der Waals surface area contributed by atoms with E-state index in [1.807, 2.05) is 0 Å². The van der Waals surface area contributed by atoms with Gasteiger partial charge in [-0.3, -0.25) is 4.79 Å². The van der Waals surface area contributed by atoms with Crippen molar-refractivity contribution in [1.82, 2.24) is 5.01 Å². The van der Waals surface area contributed by atoms with Crippen LogP contribution in [-0.2, 0) is 4.79 Å². The van der Waals surface area contributed by atoms with Crippen LogP contribution < -0.4 is 5.73 Å². The largest absolute Gasteiger partial charge is 0.408 e. The van der Waals surface area contributed by atoms with Gasteiger partial charge in [0.25, 0.3) is 0 Å². The summed E-state index contributed by atoms with van der Waals surface area (Å²) in [6.45, 7) is -1.32. The second kappa shape index (κ2) is 3.33. The van der Waals surface area contributed by atoms with Gasteiger partial charge < -0.3 is 5.73 Å². The van der Waals surface area contributed by atoms with Gasteiger partial charge in [0.15, 0.2) is 0 Å². The van der Waals surface area contributed by atoms with Crippen molar-refractivity contribution < 1.29 is 18.0 Å². The average Bonchev–Trinajstić information content (AvgIpc) is 2.29. The summed E-state index contributed by atoms with van der Waals surface area (Å²) in [7, 11) is 0. The molecule has 1 aliphatic heterocycles. The molecule has 0 saturated heterocycles. The first-order chi connectivity index (χ1) is 5.92. The number of rotatable bonds is 2. The fourth-order valence-corrected chi connectivity index (χ4v) is 0.934. The highest BCUT2D eigenvalue weighted by molar-refractivity contribution is 6.05. The quantitative estimate of drug-likeness (QED) is 0.679. The van der Waals surface area contributed by atoms with Crippen LogP contribution in [0.3, 0.4) is 0 Å². The molecule has 0 atom stereocenters. The normalized spacial score (nSPS) is 18.0. The Hall–Kier alpha value is -1.11. The molecule has 0 unspecified atom stereocenters. The minimum atomic E-state index is -4.41. The summed E-state index contributed by atoms with van der Waals surface area (Å²) in [4.78, 5) is 10.9. The van der Waals surface area contributed by atoms with Gasteiger partial charge in [-0.2, -0.15) is 18.3 Å². The highest BCUT2D eigenvalue weighted by atomic mass is 19.4. The van der Waals surface area contributed by atoms with E-state index in [4.69, 9.17) is 5.73 Å². The maximum Gasteiger partial charge on any atom is 0.408 e. The van der Waals surface area contributed by atoms with Crippen molar-refractivity contribution in [2.24, 2.45) is 10.8 Å². The van der Waals surface area contributed by atoms with Crippen LogP contribution in [0.25, 0.3) is 0 Å². The van der Waals surface area contributed by atoms with Crippen LogP contribution in [0, 0.1) is 0 Å². The van der Waals surface area contributed by atoms with E-state index in [0.29, 0.717) is 5.01 Å². The van der Waals surface area contributed by atoms with E-state index in [9.17, 15) is 18.0 Å². The molecule has 1 heterocycles. The molecule has 13 heavy (non-hydrogen) atoms. The van der Waals surface area contributed by atoms with Crippen molar-refractivity contribution >= 4 is 11.6 Å². The molecular formula is C6H8F3N3O. The fraction of sp³-hybridized carbons (Fsp3) is 0.667. The predicted molar refractivity (Wildman–Crippen MR) is 38.9 cm³/mol. The number of carbonyl (C=O) groups excluding carboxylic acids is 1. The SMILES string of the molecule is NCC1=NN(CC(F)(F)F)C(=O)C1. The minimum absolute atomic E-state index is 0.0140. The molecule has 4 nitrogen and oxygen atoms in total. The summed E-state index contributed by atoms with van der Waals surface area (Å²) in [6.07, 6.45) is -4.52. The average molecular weight is 195 g/mol. The van der Waals surface area contributed by atoms with E-state index >= 15 is 0 Å². The van der Waals surface area contributed by atoms with Gasteiger partial charge in [0.1, 0.15) is 6.54 Å². The standard InChI is InChI=1S/C6H8F3N3O/c7-6(8,9)3-12-5(13)1-4(2-10)11-12/h1-3,10H2. The molecular weight excluding hydrogens is 187 g/mol. The topological polar surface area (TPSA) is 58.7 Å². The van der Waals surface area contributed by atoms with Crippen molar-refractivity contribution in [3.63, 3.8) is 0 Å². The van der Waals surface area contributed by atoms with Gasteiger partial charge in [0.05, 0.1) is 12.1 Å². The summed E-state index contributed by atoms with van der Waals surface area (Å²) in [5.74, 6) is -0.655. The molecule has 0 aromatic heterocycles. The Balaban J connectivity index is 2.61. The molecule has 0 fully saturated rings. The molecule has 7 heteroatoms. The van der Waals surface area contributed by atoms with Crippen LogP contribution in [-0.4, -0.2) is 35.9 Å². The fourth-order valence-electron chi connectivity index (χ4n) is 0.934. The van der Waals surface area contributed by atoms with Crippen LogP contribution in [0.1, 0.15) is 6.42 Å². The molecule has 0 aliphatic carbocycles. The zero-order chi connectivity index (χ0) is 10.1. The molecule has 0 radical (unpaired) electrons. The third kappa shape index (κ3) is 2.69. The minimum Gasteiger partial charge on any atom is -0.325 e. The van der Waals surface area contributed by atoms with Crippen LogP contribution in [0.2, 0.25) is 0 Å². The Labute approximate surface area is 72.2 Å². The lowest BCUT2D eigenvalue weighted by atomic mass is 10.3. The number of carbonyl (C=O) groups is 1. The van der Waals surface area contributed by atoms with Gasteiger partial charge in [-0.05, 0) is 0 Å². The molecule has 1 aliphatic rings. The number of amides is 1. The molecule has 0 aromatic rings. The zero-order valence-corrected chi connectivity index (χ0v) is 6.64. The van der Waals surface area contributed by atoms with Gasteiger partial charge in [0, 0.05) is 6.54 Å². The Bertz CT molecular complexity index is 248. The lowest BCUT2D eigenvalue weighted by molar-refractivity contribution is -0.159. The number of halogens is 3. The van der Waals surface area contributed by atoms with Crippen molar-refractivity contribution in [3.05, 3.63) is 0 Å². The first-order valence-corrected chi connectivity index (χ1v) is 3.56. The lowest BCUT2D eigenvalue weighted by Crippen LogP contribution is -2.32. The highest BCUT2D eigenvalue weighted by Crippen LogP contribution is 2.19. The molecule has 0 bridgehead atoms. The summed E-state index contributed by atoms with van der Waals surface area (Å²) >= 11 is 0. The number of hydrogen-bond donors (Lipinski definition) is 1. The second-order valence-electron chi connectivity index (χ2n) is 2.61. The van der Waals surface area contributed by atoms with Crippen molar-refractivity contribution in [2.75, 3.05) is 13.1 Å². The molecule has 0 saturated carbocycles. The number of nitrogens with two attached hydrogens (primary N) is 1. The van der Waals surface area contributed by atoms with Crippen LogP contribution in [0.4, 0.5) is 13.2 Å². The first kappa shape index (κ1) is 9.97. The molecule has 2 N–H and O–H groups in total. The second-order valence-corrected chi connectivity index (χ2v) is 2.61. The van der Waals surface area contributed by atoms with Gasteiger partial charge in [0.2, 0.25) is 5.91 Å². The molecule has 0 aromatic carbocycles. The Morgan fingerprint density at radius 2 is 2.15 bits per heavy atom. The van der Waals surface area contributed by atoms with E-state index in [1.54, 1.807) is 0 Å². The van der Waals surface area contributed by atoms with Gasteiger partial charge in [-0.25, -0.2) is 5.01 Å². The van der Waals surface area contributed by atoms with Crippen molar-refractivity contribution in [3.8, 4) is 0 Å². The summed E-state index contributed by atoms with van der Waals surface area (Å²) in [5, 5.41) is 3.83. The van der Waals surface area contributed by atoms with E-state index in [2.05, 4.69) is 5.10 Å². The monoisotopic (exact) mass is 195 g/mol. The Morgan fingerprint density at radius 3 is 2.54 bits per heavy atom. The smallest absolute Gasteiger partial charge is 0.325 e. The molecule has 1 amide bonds. The van der Waals surface area contributed by atoms with Crippen LogP contribution in [0.15, 0.2) is 5.10 Å². The third-order valence-electron chi connectivity index (χ3n) is 1.47. The molecule has 74 valence electrons. The highest BCUT2D eigenvalue weighted by Gasteiger charge is 2.35. The van der Waals surface area contributed by atoms with E-state index < -0.39 is 18.6 Å². The summed E-state index contributed by atoms with van der Waals surface area (Å²) in [6, 6.07) is 0. The number of hydrogen-bond acceptors (Lipinski definition) is 3. The number of nitrogens with zero attached hydrogens (tertiary/aromatic N) is 2. The zero-order valence-electron chi connectivity index (χ0n) is 6.64. The maximum atomic E-state index is 11.8. The van der Waals surface area contributed by atoms with Crippen LogP contribution in [0.5, 0.6) is 0 Å². The van der Waals surface area contributed by atoms with Crippen LogP contribution >= 0.6 is 0 Å². The number of alkyl halides is 3. The third-order valence-corrected chi connectivity index (χ3v) is 1.47. The van der Waals surface area contributed by atoms with Gasteiger partial charge in [-0.1, -0.05) is 0 Å². The molecule has 1 rings (SSSR count). The number of hydrazone groups is 1. The van der Waals surface area contributed by atoms with Gasteiger partial charge in [-0.15, -0.1) is 0 Å². The first-order valence-electron chi connectivity index (χ1n) is 3.56. The Kier molecular flexibility index (Phi) is 2.55. The van der Waals surface area contributed by atoms with E-state index in [0.717, 1.165) is 0 Å². The summed E-state index contributed by atoms with van der Waals surface area (Å²) < 4.78 is 35.5. The maximum absolute atomic E-state index is 11.8. The van der Waals surface area contributed by atoms with Crippen molar-refractivity contribution in [2.45, 2.75) is 12.6 Å². The van der Waals surface area contributed by atoms with Gasteiger partial charge >= 0.3 is 6.18 Å². The summed E-state index contributed by atoms with van der Waals surface area (Å²) in [5.41, 5.74) is 5.42. The van der Waals surface area contributed by atoms with Crippen molar-refractivity contribution in [1.29, 1.82) is 0 Å².